The van der Waals surface area contributed by atoms with E-state index in [0.29, 0.717) is 34.3 Å². The summed E-state index contributed by atoms with van der Waals surface area (Å²) >= 11 is 0. The van der Waals surface area contributed by atoms with Crippen molar-refractivity contribution >= 4 is 38.4 Å². The highest BCUT2D eigenvalue weighted by Crippen LogP contribution is 2.39. The van der Waals surface area contributed by atoms with Crippen molar-refractivity contribution in [2.24, 2.45) is 0 Å². The van der Waals surface area contributed by atoms with Gasteiger partial charge in [-0.2, -0.15) is 4.72 Å². The lowest BCUT2D eigenvalue weighted by atomic mass is 10.1. The van der Waals surface area contributed by atoms with E-state index in [0.717, 1.165) is 0 Å². The van der Waals surface area contributed by atoms with Crippen LogP contribution >= 0.6 is 0 Å². The third kappa shape index (κ3) is 3.70. The number of sulfonamides is 1. The van der Waals surface area contributed by atoms with Gasteiger partial charge in [0.15, 0.2) is 0 Å². The molecule has 2 aromatic carbocycles. The van der Waals surface area contributed by atoms with Gasteiger partial charge in [-0.25, -0.2) is 8.42 Å². The molecule has 4 rings (SSSR count). The number of hydrogen-bond donors (Lipinski definition) is 1. The fraction of sp³-hybridized carbons (Fsp3) is 0.273. The van der Waals surface area contributed by atoms with Crippen LogP contribution in [-0.2, 0) is 26.0 Å². The molecule has 1 aliphatic heterocycles. The molecule has 8 nitrogen and oxygen atoms in total. The number of hydrogen-bond acceptors (Lipinski definition) is 6. The average Bonchev–Trinajstić information content (AvgIpc) is 3.35. The fourth-order valence-corrected chi connectivity index (χ4v) is 5.25. The van der Waals surface area contributed by atoms with Gasteiger partial charge in [0.2, 0.25) is 10.0 Å². The van der Waals surface area contributed by atoms with Crippen LogP contribution in [0.1, 0.15) is 30.0 Å². The maximum atomic E-state index is 13.3. The van der Waals surface area contributed by atoms with Crippen LogP contribution in [-0.4, -0.2) is 39.5 Å². The van der Waals surface area contributed by atoms with Gasteiger partial charge in [-0.05, 0) is 44.2 Å². The summed E-state index contributed by atoms with van der Waals surface area (Å²) in [6, 6.07) is 10.2. The highest BCUT2D eigenvalue weighted by molar-refractivity contribution is 7.89. The standard InChI is InChI=1S/C22H22N2O6S/c1-3-24-18-10-11-19(15-8-5-9-16(20(15)18)21(24)25)31(27,28)23-17(22(26)29-4-2)13-14-7-6-12-30-14/h5-12,17,23H,3-4,13H2,1-2H3. The lowest BCUT2D eigenvalue weighted by molar-refractivity contribution is -0.145. The molecule has 1 N–H and O–H groups in total. The van der Waals surface area contributed by atoms with E-state index in [4.69, 9.17) is 9.15 Å². The minimum absolute atomic E-state index is 0.00686. The Morgan fingerprint density at radius 2 is 1.97 bits per heavy atom. The van der Waals surface area contributed by atoms with E-state index in [1.165, 1.54) is 12.3 Å². The van der Waals surface area contributed by atoms with E-state index in [2.05, 4.69) is 4.72 Å². The van der Waals surface area contributed by atoms with E-state index in [1.54, 1.807) is 48.2 Å². The first kappa shape index (κ1) is 21.1. The zero-order valence-electron chi connectivity index (χ0n) is 17.1. The third-order valence-electron chi connectivity index (χ3n) is 5.20. The van der Waals surface area contributed by atoms with Crippen molar-refractivity contribution in [3.05, 3.63) is 60.1 Å². The van der Waals surface area contributed by atoms with Crippen molar-refractivity contribution in [2.75, 3.05) is 18.1 Å². The number of ether oxygens (including phenoxy) is 1. The Hall–Kier alpha value is -3.17. The minimum atomic E-state index is -4.12. The number of anilines is 1. The zero-order valence-corrected chi connectivity index (χ0v) is 17.9. The van der Waals surface area contributed by atoms with Crippen LogP contribution in [0.5, 0.6) is 0 Å². The van der Waals surface area contributed by atoms with Crippen LogP contribution in [0.4, 0.5) is 5.69 Å². The molecule has 0 aliphatic carbocycles. The first-order valence-corrected chi connectivity index (χ1v) is 11.4. The first-order valence-electron chi connectivity index (χ1n) is 9.96. The van der Waals surface area contributed by atoms with Crippen LogP contribution in [0.2, 0.25) is 0 Å². The first-order chi connectivity index (χ1) is 14.9. The molecule has 1 atom stereocenters. The Morgan fingerprint density at radius 3 is 2.65 bits per heavy atom. The Balaban J connectivity index is 1.75. The second kappa shape index (κ2) is 8.16. The number of carbonyl (C=O) groups excluding carboxylic acids is 2. The molecule has 3 aromatic rings. The summed E-state index contributed by atoms with van der Waals surface area (Å²) in [5.74, 6) is -0.404. The molecule has 0 spiro atoms. The molecule has 31 heavy (non-hydrogen) atoms. The van der Waals surface area contributed by atoms with Gasteiger partial charge in [-0.15, -0.1) is 0 Å². The monoisotopic (exact) mass is 442 g/mol. The number of rotatable bonds is 8. The molecule has 0 saturated heterocycles. The van der Waals surface area contributed by atoms with Gasteiger partial charge >= 0.3 is 5.97 Å². The normalized spacial score (nSPS) is 14.3. The lowest BCUT2D eigenvalue weighted by Crippen LogP contribution is -2.43. The summed E-state index contributed by atoms with van der Waals surface area (Å²) in [7, 11) is -4.12. The van der Waals surface area contributed by atoms with E-state index < -0.39 is 22.0 Å². The lowest BCUT2D eigenvalue weighted by Gasteiger charge is -2.18. The summed E-state index contributed by atoms with van der Waals surface area (Å²) in [6.07, 6.45) is 1.46. The van der Waals surface area contributed by atoms with Gasteiger partial charge in [0, 0.05) is 29.3 Å². The topological polar surface area (TPSA) is 106 Å². The largest absolute Gasteiger partial charge is 0.469 e. The number of carbonyl (C=O) groups is 2. The number of benzene rings is 2. The van der Waals surface area contributed by atoms with Crippen molar-refractivity contribution in [2.45, 2.75) is 31.2 Å². The molecule has 0 fully saturated rings. The van der Waals surface area contributed by atoms with Gasteiger partial charge in [0.25, 0.3) is 5.91 Å². The van der Waals surface area contributed by atoms with Crippen LogP contribution in [0, 0.1) is 0 Å². The molecule has 1 aromatic heterocycles. The number of nitrogens with one attached hydrogen (secondary N) is 1. The average molecular weight is 442 g/mol. The van der Waals surface area contributed by atoms with Crippen molar-refractivity contribution in [3.63, 3.8) is 0 Å². The summed E-state index contributed by atoms with van der Waals surface area (Å²) < 4.78 is 39.4. The molecule has 0 radical (unpaired) electrons. The van der Waals surface area contributed by atoms with Crippen LogP contribution in [0.15, 0.2) is 58.0 Å². The molecule has 0 bridgehead atoms. The molecule has 1 aliphatic rings. The van der Waals surface area contributed by atoms with E-state index >= 15 is 0 Å². The van der Waals surface area contributed by atoms with Gasteiger partial charge < -0.3 is 14.1 Å². The minimum Gasteiger partial charge on any atom is -0.469 e. The molecule has 2 heterocycles. The molecular formula is C22H22N2O6S. The summed E-state index contributed by atoms with van der Waals surface area (Å²) in [4.78, 5) is 26.7. The smallest absolute Gasteiger partial charge is 0.324 e. The quantitative estimate of drug-likeness (QED) is 0.538. The van der Waals surface area contributed by atoms with E-state index in [-0.39, 0.29) is 23.8 Å². The van der Waals surface area contributed by atoms with Crippen LogP contribution in [0.3, 0.4) is 0 Å². The van der Waals surface area contributed by atoms with E-state index in [9.17, 15) is 18.0 Å². The Labute approximate surface area is 179 Å². The number of esters is 1. The SMILES string of the molecule is CCOC(=O)C(Cc1ccco1)NS(=O)(=O)c1ccc2c3c(cccc13)C(=O)N2CC. The Bertz CT molecular complexity index is 1250. The summed E-state index contributed by atoms with van der Waals surface area (Å²) in [5, 5.41) is 1.02. The maximum Gasteiger partial charge on any atom is 0.324 e. The van der Waals surface area contributed by atoms with Crippen molar-refractivity contribution < 1.29 is 27.2 Å². The number of nitrogens with zero attached hydrogens (tertiary/aromatic N) is 1. The predicted molar refractivity (Wildman–Crippen MR) is 114 cm³/mol. The van der Waals surface area contributed by atoms with Gasteiger partial charge in [-0.1, -0.05) is 12.1 Å². The third-order valence-corrected chi connectivity index (χ3v) is 6.73. The van der Waals surface area contributed by atoms with Crippen molar-refractivity contribution in [1.29, 1.82) is 0 Å². The van der Waals surface area contributed by atoms with E-state index in [1.807, 2.05) is 6.92 Å². The van der Waals surface area contributed by atoms with Gasteiger partial charge in [0.05, 0.1) is 23.5 Å². The molecule has 1 amide bonds. The molecule has 162 valence electrons. The molecule has 9 heteroatoms. The van der Waals surface area contributed by atoms with Crippen LogP contribution < -0.4 is 9.62 Å². The summed E-state index contributed by atoms with van der Waals surface area (Å²) in [5.41, 5.74) is 1.14. The number of furan rings is 1. The zero-order chi connectivity index (χ0) is 22.2. The van der Waals surface area contributed by atoms with Gasteiger partial charge in [-0.3, -0.25) is 9.59 Å². The molecular weight excluding hydrogens is 420 g/mol. The Morgan fingerprint density at radius 1 is 1.16 bits per heavy atom. The summed E-state index contributed by atoms with van der Waals surface area (Å²) in [6.45, 7) is 4.10. The fourth-order valence-electron chi connectivity index (χ4n) is 3.86. The second-order valence-corrected chi connectivity index (χ2v) is 8.75. The molecule has 0 saturated carbocycles. The maximum absolute atomic E-state index is 13.3. The number of amides is 1. The highest BCUT2D eigenvalue weighted by Gasteiger charge is 2.33. The van der Waals surface area contributed by atoms with Gasteiger partial charge in [0.1, 0.15) is 11.8 Å². The molecule has 1 unspecified atom stereocenters. The predicted octanol–water partition coefficient (Wildman–Crippen LogP) is 2.87. The van der Waals surface area contributed by atoms with Crippen molar-refractivity contribution in [3.8, 4) is 0 Å². The second-order valence-electron chi connectivity index (χ2n) is 7.07. The van der Waals surface area contributed by atoms with Crippen molar-refractivity contribution in [1.82, 2.24) is 4.72 Å². The Kier molecular flexibility index (Phi) is 5.55. The van der Waals surface area contributed by atoms with Crippen LogP contribution in [0.25, 0.3) is 10.8 Å². The highest BCUT2D eigenvalue weighted by atomic mass is 32.2.